The molecule has 0 aromatic carbocycles. The summed E-state index contributed by atoms with van der Waals surface area (Å²) in [4.78, 5) is 2.30. The molecule has 1 heterocycles. The van der Waals surface area contributed by atoms with Gasteiger partial charge in [-0.05, 0) is 13.5 Å². The molecule has 0 amide bonds. The summed E-state index contributed by atoms with van der Waals surface area (Å²) in [6.07, 6.45) is 3.11. The van der Waals surface area contributed by atoms with Gasteiger partial charge in [0.25, 0.3) is 0 Å². The largest absolute Gasteiger partial charge is 0.385 e. The fourth-order valence-electron chi connectivity index (χ4n) is 2.49. The fourth-order valence-corrected chi connectivity index (χ4v) is 2.49. The number of ether oxygens (including phenoxy) is 1. The molecule has 0 aliphatic heterocycles. The molecule has 0 saturated heterocycles. The predicted molar refractivity (Wildman–Crippen MR) is 82.8 cm³/mol. The zero-order chi connectivity index (χ0) is 15.3. The average Bonchev–Trinajstić information content (AvgIpc) is 2.72. The van der Waals surface area contributed by atoms with Gasteiger partial charge in [-0.3, -0.25) is 9.58 Å². The molecule has 1 atom stereocenters. The number of aryl methyl sites for hydroxylation is 1. The van der Waals surface area contributed by atoms with E-state index in [1.165, 1.54) is 5.56 Å². The number of aromatic nitrogens is 2. The Morgan fingerprint density at radius 2 is 2.10 bits per heavy atom. The molecule has 1 rings (SSSR count). The van der Waals surface area contributed by atoms with Crippen molar-refractivity contribution in [1.82, 2.24) is 14.7 Å². The average molecular weight is 282 g/mol. The molecule has 0 aliphatic rings. The summed E-state index contributed by atoms with van der Waals surface area (Å²) in [7, 11) is 5.82. The van der Waals surface area contributed by atoms with Gasteiger partial charge in [0.2, 0.25) is 0 Å². The summed E-state index contributed by atoms with van der Waals surface area (Å²) in [5.74, 6) is 0. The number of rotatable bonds is 7. The van der Waals surface area contributed by atoms with Crippen LogP contribution in [0.1, 0.15) is 44.5 Å². The van der Waals surface area contributed by atoms with E-state index in [4.69, 9.17) is 10.5 Å². The first kappa shape index (κ1) is 17.1. The lowest BCUT2D eigenvalue weighted by Crippen LogP contribution is -2.33. The first-order valence-corrected chi connectivity index (χ1v) is 7.24. The van der Waals surface area contributed by atoms with Crippen LogP contribution in [0.3, 0.4) is 0 Å². The molecule has 0 saturated carbocycles. The van der Waals surface area contributed by atoms with Crippen molar-refractivity contribution in [2.24, 2.45) is 12.8 Å². The van der Waals surface area contributed by atoms with Gasteiger partial charge in [0.05, 0.1) is 11.7 Å². The van der Waals surface area contributed by atoms with Crippen LogP contribution in [0.25, 0.3) is 0 Å². The van der Waals surface area contributed by atoms with E-state index in [1.54, 1.807) is 7.11 Å². The molecular weight excluding hydrogens is 252 g/mol. The van der Waals surface area contributed by atoms with Gasteiger partial charge in [-0.25, -0.2) is 0 Å². The maximum Gasteiger partial charge on any atom is 0.0726 e. The normalized spacial score (nSPS) is 14.0. The van der Waals surface area contributed by atoms with E-state index in [1.807, 2.05) is 11.7 Å². The van der Waals surface area contributed by atoms with Crippen LogP contribution in [0.5, 0.6) is 0 Å². The maximum absolute atomic E-state index is 6.02. The molecule has 5 nitrogen and oxygen atoms in total. The Balaban J connectivity index is 2.94. The smallest absolute Gasteiger partial charge is 0.0726 e. The SMILES string of the molecule is COCCCN(C)C(CN)c1cn(C)nc1C(C)(C)C. The highest BCUT2D eigenvalue weighted by Gasteiger charge is 2.27. The van der Waals surface area contributed by atoms with Crippen molar-refractivity contribution in [1.29, 1.82) is 0 Å². The molecule has 1 unspecified atom stereocenters. The van der Waals surface area contributed by atoms with Crippen molar-refractivity contribution >= 4 is 0 Å². The lowest BCUT2D eigenvalue weighted by Gasteiger charge is -2.29. The van der Waals surface area contributed by atoms with Gasteiger partial charge in [0, 0.05) is 51.0 Å². The van der Waals surface area contributed by atoms with Crippen LogP contribution < -0.4 is 5.73 Å². The van der Waals surface area contributed by atoms with E-state index >= 15 is 0 Å². The second kappa shape index (κ2) is 7.20. The van der Waals surface area contributed by atoms with Gasteiger partial charge in [-0.2, -0.15) is 5.10 Å². The number of likely N-dealkylation sites (N-methyl/N-ethyl adjacent to an activating group) is 1. The van der Waals surface area contributed by atoms with Crippen molar-refractivity contribution in [2.75, 3.05) is 33.9 Å². The third-order valence-electron chi connectivity index (χ3n) is 3.54. The number of nitrogens with two attached hydrogens (primary N) is 1. The zero-order valence-electron chi connectivity index (χ0n) is 13.8. The predicted octanol–water partition coefficient (Wildman–Crippen LogP) is 1.69. The summed E-state index contributed by atoms with van der Waals surface area (Å²) in [6.45, 7) is 8.92. The topological polar surface area (TPSA) is 56.3 Å². The molecule has 0 fully saturated rings. The van der Waals surface area contributed by atoms with Gasteiger partial charge in [-0.1, -0.05) is 20.8 Å². The molecule has 0 spiro atoms. The minimum atomic E-state index is 0.0252. The first-order chi connectivity index (χ1) is 9.31. The molecule has 1 aromatic rings. The minimum absolute atomic E-state index is 0.0252. The van der Waals surface area contributed by atoms with Crippen molar-refractivity contribution in [3.05, 3.63) is 17.5 Å². The third-order valence-corrected chi connectivity index (χ3v) is 3.54. The van der Waals surface area contributed by atoms with Crippen LogP contribution in [0.2, 0.25) is 0 Å². The van der Waals surface area contributed by atoms with Gasteiger partial charge < -0.3 is 10.5 Å². The Bertz CT molecular complexity index is 408. The Morgan fingerprint density at radius 1 is 1.45 bits per heavy atom. The van der Waals surface area contributed by atoms with Crippen LogP contribution in [0.4, 0.5) is 0 Å². The van der Waals surface area contributed by atoms with E-state index < -0.39 is 0 Å². The molecule has 2 N–H and O–H groups in total. The standard InChI is InChI=1S/C15H30N4O/c1-15(2,3)14-12(11-19(5)17-14)13(10-16)18(4)8-7-9-20-6/h11,13H,7-10,16H2,1-6H3. The van der Waals surface area contributed by atoms with E-state index in [2.05, 4.69) is 44.0 Å². The number of methoxy groups -OCH3 is 1. The van der Waals surface area contributed by atoms with Crippen LogP contribution in [0.15, 0.2) is 6.20 Å². The molecular formula is C15H30N4O. The number of nitrogens with zero attached hydrogens (tertiary/aromatic N) is 3. The van der Waals surface area contributed by atoms with Gasteiger partial charge in [-0.15, -0.1) is 0 Å². The van der Waals surface area contributed by atoms with Crippen molar-refractivity contribution in [3.8, 4) is 0 Å². The van der Waals surface area contributed by atoms with Crippen LogP contribution in [-0.4, -0.2) is 48.5 Å². The van der Waals surface area contributed by atoms with E-state index in [0.29, 0.717) is 6.54 Å². The highest BCUT2D eigenvalue weighted by molar-refractivity contribution is 5.27. The minimum Gasteiger partial charge on any atom is -0.385 e. The summed E-state index contributed by atoms with van der Waals surface area (Å²) in [5.41, 5.74) is 8.42. The van der Waals surface area contributed by atoms with Crippen molar-refractivity contribution < 1.29 is 4.74 Å². The lowest BCUT2D eigenvalue weighted by atomic mass is 9.87. The quantitative estimate of drug-likeness (QED) is 0.773. The highest BCUT2D eigenvalue weighted by atomic mass is 16.5. The van der Waals surface area contributed by atoms with Crippen LogP contribution in [0, 0.1) is 0 Å². The molecule has 0 aliphatic carbocycles. The van der Waals surface area contributed by atoms with Crippen LogP contribution >= 0.6 is 0 Å². The monoisotopic (exact) mass is 282 g/mol. The molecule has 0 radical (unpaired) electrons. The maximum atomic E-state index is 6.02. The Labute approximate surface area is 123 Å². The fraction of sp³-hybridized carbons (Fsp3) is 0.800. The Hall–Kier alpha value is -0.910. The lowest BCUT2D eigenvalue weighted by molar-refractivity contribution is 0.166. The second-order valence-corrected chi connectivity index (χ2v) is 6.44. The van der Waals surface area contributed by atoms with Crippen molar-refractivity contribution in [3.63, 3.8) is 0 Å². The van der Waals surface area contributed by atoms with Crippen LogP contribution in [-0.2, 0) is 17.2 Å². The summed E-state index contributed by atoms with van der Waals surface area (Å²) < 4.78 is 7.01. The Kier molecular flexibility index (Phi) is 6.17. The summed E-state index contributed by atoms with van der Waals surface area (Å²) in [5, 5.41) is 4.64. The van der Waals surface area contributed by atoms with E-state index in [-0.39, 0.29) is 11.5 Å². The molecule has 0 bridgehead atoms. The summed E-state index contributed by atoms with van der Waals surface area (Å²) >= 11 is 0. The Morgan fingerprint density at radius 3 is 2.60 bits per heavy atom. The highest BCUT2D eigenvalue weighted by Crippen LogP contribution is 2.30. The molecule has 20 heavy (non-hydrogen) atoms. The number of hydrogen-bond acceptors (Lipinski definition) is 4. The van der Waals surface area contributed by atoms with Gasteiger partial charge in [0.1, 0.15) is 0 Å². The molecule has 1 aromatic heterocycles. The molecule has 116 valence electrons. The summed E-state index contributed by atoms with van der Waals surface area (Å²) in [6, 6.07) is 0.204. The number of hydrogen-bond donors (Lipinski definition) is 1. The van der Waals surface area contributed by atoms with Gasteiger partial charge in [0.15, 0.2) is 0 Å². The van der Waals surface area contributed by atoms with Gasteiger partial charge >= 0.3 is 0 Å². The second-order valence-electron chi connectivity index (χ2n) is 6.44. The third kappa shape index (κ3) is 4.30. The first-order valence-electron chi connectivity index (χ1n) is 7.24. The molecule has 5 heteroatoms. The van der Waals surface area contributed by atoms with E-state index in [0.717, 1.165) is 25.3 Å². The zero-order valence-corrected chi connectivity index (χ0v) is 13.8. The van der Waals surface area contributed by atoms with Crippen molar-refractivity contribution in [2.45, 2.75) is 38.6 Å². The van der Waals surface area contributed by atoms with E-state index in [9.17, 15) is 0 Å².